The van der Waals surface area contributed by atoms with Crippen molar-refractivity contribution in [2.24, 2.45) is 0 Å². The third-order valence-electron chi connectivity index (χ3n) is 3.46. The zero-order chi connectivity index (χ0) is 13.0. The van der Waals surface area contributed by atoms with Crippen molar-refractivity contribution >= 4 is 5.97 Å². The minimum Gasteiger partial charge on any atom is -0.545 e. The van der Waals surface area contributed by atoms with Crippen LogP contribution in [0.1, 0.15) is 28.8 Å². The number of nitrogens with zero attached hydrogens (tertiary/aromatic N) is 1. The average Bonchev–Trinajstić information content (AvgIpc) is 2.38. The molecule has 1 aromatic carbocycles. The molecule has 1 saturated heterocycles. The number of carbonyl (C=O) groups excluding carboxylic acids is 1. The van der Waals surface area contributed by atoms with Gasteiger partial charge in [0.05, 0.1) is 12.1 Å². The number of hydrogen-bond acceptors (Lipinski definition) is 4. The SMILES string of the molecule is O=C([O-])c1ccc(CCN2CCC(O)CC2)cc1. The lowest BCUT2D eigenvalue weighted by molar-refractivity contribution is -0.255. The summed E-state index contributed by atoms with van der Waals surface area (Å²) in [5.41, 5.74) is 1.35. The number of aromatic carboxylic acids is 1. The molecule has 0 amide bonds. The van der Waals surface area contributed by atoms with E-state index in [4.69, 9.17) is 0 Å². The Bertz CT molecular complexity index is 394. The predicted octanol–water partition coefficient (Wildman–Crippen LogP) is 0.0493. The first-order valence-electron chi connectivity index (χ1n) is 6.36. The van der Waals surface area contributed by atoms with Crippen molar-refractivity contribution < 1.29 is 15.0 Å². The second kappa shape index (κ2) is 5.98. The van der Waals surface area contributed by atoms with Crippen molar-refractivity contribution in [2.75, 3.05) is 19.6 Å². The third kappa shape index (κ3) is 3.55. The van der Waals surface area contributed by atoms with Crippen LogP contribution >= 0.6 is 0 Å². The van der Waals surface area contributed by atoms with Crippen LogP contribution in [-0.4, -0.2) is 41.7 Å². The zero-order valence-corrected chi connectivity index (χ0v) is 10.3. The maximum atomic E-state index is 10.6. The van der Waals surface area contributed by atoms with Crippen LogP contribution < -0.4 is 5.11 Å². The van der Waals surface area contributed by atoms with Gasteiger partial charge in [0, 0.05) is 19.6 Å². The Labute approximate surface area is 107 Å². The molecule has 0 saturated carbocycles. The second-order valence-electron chi connectivity index (χ2n) is 4.81. The molecule has 1 aliphatic heterocycles. The number of benzene rings is 1. The highest BCUT2D eigenvalue weighted by Gasteiger charge is 2.16. The highest BCUT2D eigenvalue weighted by molar-refractivity contribution is 5.85. The first kappa shape index (κ1) is 13.1. The Morgan fingerprint density at radius 1 is 1.28 bits per heavy atom. The molecule has 1 aromatic rings. The molecule has 1 N–H and O–H groups in total. The number of likely N-dealkylation sites (tertiary alicyclic amines) is 1. The normalized spacial score (nSPS) is 17.8. The monoisotopic (exact) mass is 248 g/mol. The van der Waals surface area contributed by atoms with Gasteiger partial charge in [-0.25, -0.2) is 0 Å². The van der Waals surface area contributed by atoms with Gasteiger partial charge in [-0.1, -0.05) is 24.3 Å². The Balaban J connectivity index is 1.81. The number of carboxylic acids is 1. The van der Waals surface area contributed by atoms with Crippen LogP contribution in [0.25, 0.3) is 0 Å². The molecular formula is C14H18NO3-. The Morgan fingerprint density at radius 2 is 1.89 bits per heavy atom. The molecule has 4 nitrogen and oxygen atoms in total. The van der Waals surface area contributed by atoms with Gasteiger partial charge in [-0.2, -0.15) is 0 Å². The largest absolute Gasteiger partial charge is 0.545 e. The Kier molecular flexibility index (Phi) is 4.33. The molecular weight excluding hydrogens is 230 g/mol. The summed E-state index contributed by atoms with van der Waals surface area (Å²) in [5, 5.41) is 20.0. The fraction of sp³-hybridized carbons (Fsp3) is 0.500. The molecule has 1 heterocycles. The van der Waals surface area contributed by atoms with Gasteiger partial charge in [0.1, 0.15) is 0 Å². The van der Waals surface area contributed by atoms with Crippen LogP contribution in [0, 0.1) is 0 Å². The summed E-state index contributed by atoms with van der Waals surface area (Å²) in [5.74, 6) is -1.13. The van der Waals surface area contributed by atoms with Gasteiger partial charge in [-0.05, 0) is 30.4 Å². The van der Waals surface area contributed by atoms with Crippen molar-refractivity contribution in [1.29, 1.82) is 0 Å². The standard InChI is InChI=1S/C14H19NO3/c16-13-6-9-15(10-7-13)8-5-11-1-3-12(4-2-11)14(17)18/h1-4,13,16H,5-10H2,(H,17,18)/p-1. The van der Waals surface area contributed by atoms with Gasteiger partial charge in [-0.3, -0.25) is 0 Å². The maximum Gasteiger partial charge on any atom is 0.0715 e. The smallest absolute Gasteiger partial charge is 0.0715 e. The highest BCUT2D eigenvalue weighted by atomic mass is 16.4. The molecule has 1 fully saturated rings. The van der Waals surface area contributed by atoms with Crippen LogP contribution in [0.3, 0.4) is 0 Å². The fourth-order valence-electron chi connectivity index (χ4n) is 2.24. The number of aliphatic hydroxyl groups excluding tert-OH is 1. The van der Waals surface area contributed by atoms with E-state index in [0.717, 1.165) is 44.5 Å². The van der Waals surface area contributed by atoms with Crippen molar-refractivity contribution in [2.45, 2.75) is 25.4 Å². The van der Waals surface area contributed by atoms with Gasteiger partial charge in [0.2, 0.25) is 0 Å². The molecule has 0 spiro atoms. The number of hydrogen-bond donors (Lipinski definition) is 1. The first-order chi connectivity index (χ1) is 8.65. The van der Waals surface area contributed by atoms with E-state index < -0.39 is 5.97 Å². The summed E-state index contributed by atoms with van der Waals surface area (Å²) in [4.78, 5) is 12.9. The summed E-state index contributed by atoms with van der Waals surface area (Å²) in [6.07, 6.45) is 2.47. The number of carbonyl (C=O) groups is 1. The van der Waals surface area contributed by atoms with E-state index in [1.54, 1.807) is 12.1 Å². The molecule has 98 valence electrons. The summed E-state index contributed by atoms with van der Waals surface area (Å²) >= 11 is 0. The van der Waals surface area contributed by atoms with E-state index in [-0.39, 0.29) is 11.7 Å². The van der Waals surface area contributed by atoms with E-state index in [9.17, 15) is 15.0 Å². The highest BCUT2D eigenvalue weighted by Crippen LogP contribution is 2.11. The lowest BCUT2D eigenvalue weighted by Crippen LogP contribution is -2.37. The lowest BCUT2D eigenvalue weighted by Gasteiger charge is -2.29. The number of aliphatic hydroxyl groups is 1. The lowest BCUT2D eigenvalue weighted by atomic mass is 10.1. The van der Waals surface area contributed by atoms with Crippen molar-refractivity contribution in [3.05, 3.63) is 35.4 Å². The Hall–Kier alpha value is -1.39. The topological polar surface area (TPSA) is 63.6 Å². The van der Waals surface area contributed by atoms with Gasteiger partial charge >= 0.3 is 0 Å². The van der Waals surface area contributed by atoms with Crippen LogP contribution in [-0.2, 0) is 6.42 Å². The number of rotatable bonds is 4. The van der Waals surface area contributed by atoms with E-state index in [1.165, 1.54) is 0 Å². The maximum absolute atomic E-state index is 10.6. The quantitative estimate of drug-likeness (QED) is 0.817. The van der Waals surface area contributed by atoms with E-state index in [2.05, 4.69) is 4.90 Å². The molecule has 0 atom stereocenters. The summed E-state index contributed by atoms with van der Waals surface area (Å²) in [6.45, 7) is 2.84. The fourth-order valence-corrected chi connectivity index (χ4v) is 2.24. The molecule has 1 aliphatic rings. The summed E-state index contributed by atoms with van der Waals surface area (Å²) in [6, 6.07) is 6.85. The summed E-state index contributed by atoms with van der Waals surface area (Å²) < 4.78 is 0. The van der Waals surface area contributed by atoms with E-state index >= 15 is 0 Å². The predicted molar refractivity (Wildman–Crippen MR) is 66.2 cm³/mol. The molecule has 2 rings (SSSR count). The minimum atomic E-state index is -1.13. The van der Waals surface area contributed by atoms with Gasteiger partial charge in [0.25, 0.3) is 0 Å². The van der Waals surface area contributed by atoms with Crippen molar-refractivity contribution in [1.82, 2.24) is 4.90 Å². The molecule has 18 heavy (non-hydrogen) atoms. The number of carboxylic acid groups (broad SMARTS) is 1. The third-order valence-corrected chi connectivity index (χ3v) is 3.46. The number of piperidine rings is 1. The van der Waals surface area contributed by atoms with Crippen LogP contribution in [0.2, 0.25) is 0 Å². The molecule has 0 unspecified atom stereocenters. The van der Waals surface area contributed by atoms with Crippen molar-refractivity contribution in [3.63, 3.8) is 0 Å². The van der Waals surface area contributed by atoms with E-state index in [0.29, 0.717) is 0 Å². The molecule has 0 aromatic heterocycles. The van der Waals surface area contributed by atoms with Crippen LogP contribution in [0.4, 0.5) is 0 Å². The average molecular weight is 248 g/mol. The van der Waals surface area contributed by atoms with Crippen LogP contribution in [0.15, 0.2) is 24.3 Å². The molecule has 0 radical (unpaired) electrons. The van der Waals surface area contributed by atoms with Gasteiger partial charge < -0.3 is 19.9 Å². The van der Waals surface area contributed by atoms with Crippen LogP contribution in [0.5, 0.6) is 0 Å². The first-order valence-corrected chi connectivity index (χ1v) is 6.36. The zero-order valence-electron chi connectivity index (χ0n) is 10.3. The molecule has 0 bridgehead atoms. The van der Waals surface area contributed by atoms with E-state index in [1.807, 2.05) is 12.1 Å². The molecule has 4 heteroatoms. The van der Waals surface area contributed by atoms with Gasteiger partial charge in [0.15, 0.2) is 0 Å². The van der Waals surface area contributed by atoms with Gasteiger partial charge in [-0.15, -0.1) is 0 Å². The minimum absolute atomic E-state index is 0.136. The second-order valence-corrected chi connectivity index (χ2v) is 4.81. The van der Waals surface area contributed by atoms with Crippen molar-refractivity contribution in [3.8, 4) is 0 Å². The summed E-state index contributed by atoms with van der Waals surface area (Å²) in [7, 11) is 0. The Morgan fingerprint density at radius 3 is 2.44 bits per heavy atom. The molecule has 0 aliphatic carbocycles.